The maximum atomic E-state index is 11.5. The van der Waals surface area contributed by atoms with Crippen LogP contribution in [0.3, 0.4) is 0 Å². The van der Waals surface area contributed by atoms with E-state index in [2.05, 4.69) is 23.3 Å². The zero-order valence-corrected chi connectivity index (χ0v) is 15.9. The van der Waals surface area contributed by atoms with Crippen molar-refractivity contribution in [2.45, 2.75) is 24.9 Å². The summed E-state index contributed by atoms with van der Waals surface area (Å²) in [5, 5.41) is 21.4. The van der Waals surface area contributed by atoms with Crippen LogP contribution in [0.2, 0.25) is 0 Å². The Morgan fingerprint density at radius 1 is 1.14 bits per heavy atom. The molecule has 0 fully saturated rings. The Labute approximate surface area is 189 Å². The number of hydrogen-bond donors (Lipinski definition) is 8. The van der Waals surface area contributed by atoms with Gasteiger partial charge in [-0.1, -0.05) is 0 Å². The molecule has 13 nitrogen and oxygen atoms in total. The molecule has 0 spiro atoms. The van der Waals surface area contributed by atoms with Crippen molar-refractivity contribution in [3.8, 4) is 0 Å². The third-order valence-corrected chi connectivity index (χ3v) is 3.74. The van der Waals surface area contributed by atoms with Gasteiger partial charge in [-0.15, -0.1) is 0 Å². The van der Waals surface area contributed by atoms with Crippen LogP contribution in [0.5, 0.6) is 0 Å². The van der Waals surface area contributed by atoms with Crippen LogP contribution in [-0.2, 0) is 29.3 Å². The van der Waals surface area contributed by atoms with Gasteiger partial charge in [0.15, 0.2) is 0 Å². The summed E-state index contributed by atoms with van der Waals surface area (Å²) >= 11 is 3.87. The first kappa shape index (κ1) is 31.7. The van der Waals surface area contributed by atoms with Crippen molar-refractivity contribution in [1.29, 1.82) is 0 Å². The number of amides is 2. The quantitative estimate of drug-likeness (QED) is 0.0845. The molecule has 0 aromatic heterocycles. The molecule has 0 aliphatic rings. The minimum atomic E-state index is -3.80. The summed E-state index contributed by atoms with van der Waals surface area (Å²) in [7, 11) is -3.80. The van der Waals surface area contributed by atoms with Crippen LogP contribution in [0, 0.1) is 0 Å². The van der Waals surface area contributed by atoms with Gasteiger partial charge in [0.25, 0.3) is 10.1 Å². The van der Waals surface area contributed by atoms with Crippen molar-refractivity contribution < 1.29 is 42.4 Å². The van der Waals surface area contributed by atoms with Gasteiger partial charge in [-0.2, -0.15) is 21.0 Å². The molecule has 0 saturated carbocycles. The topological polar surface area (TPSA) is 239 Å². The van der Waals surface area contributed by atoms with Gasteiger partial charge in [0.1, 0.15) is 18.6 Å². The fourth-order valence-electron chi connectivity index (χ4n) is 1.31. The SMILES string of the molecule is NCCS(=O)(=O)O.N[C@@H](CCC(=O)N[C@@H](CS)C(=O)NCC(=O)O)C(=O)O.[NaH]. The van der Waals surface area contributed by atoms with Gasteiger partial charge in [0.05, 0.1) is 5.75 Å². The van der Waals surface area contributed by atoms with Gasteiger partial charge >= 0.3 is 41.5 Å². The molecule has 2 atom stereocenters. The molecule has 0 heterocycles. The molecule has 0 aliphatic carbocycles. The number of hydrogen-bond acceptors (Lipinski definition) is 9. The van der Waals surface area contributed by atoms with E-state index in [0.29, 0.717) is 0 Å². The Kier molecular flexibility index (Phi) is 19.2. The number of nitrogens with one attached hydrogen (secondary N) is 2. The van der Waals surface area contributed by atoms with Crippen LogP contribution in [0.15, 0.2) is 0 Å². The average molecular weight is 456 g/mol. The maximum absolute atomic E-state index is 11.5. The number of carboxylic acid groups (broad SMARTS) is 2. The zero-order valence-electron chi connectivity index (χ0n) is 14.2. The first-order valence-electron chi connectivity index (χ1n) is 7.37. The van der Waals surface area contributed by atoms with Crippen molar-refractivity contribution in [3.63, 3.8) is 0 Å². The third kappa shape index (κ3) is 19.8. The van der Waals surface area contributed by atoms with E-state index in [4.69, 9.17) is 26.2 Å². The van der Waals surface area contributed by atoms with Crippen LogP contribution < -0.4 is 22.1 Å². The van der Waals surface area contributed by atoms with Gasteiger partial charge in [-0.25, -0.2) is 0 Å². The second-order valence-corrected chi connectivity index (χ2v) is 6.91. The number of rotatable bonds is 11. The monoisotopic (exact) mass is 456 g/mol. The number of aliphatic carboxylic acids is 2. The Balaban J connectivity index is -0.000000665. The van der Waals surface area contributed by atoms with E-state index < -0.39 is 52.5 Å². The van der Waals surface area contributed by atoms with E-state index in [1.165, 1.54) is 0 Å². The molecular weight excluding hydrogens is 431 g/mol. The summed E-state index contributed by atoms with van der Waals surface area (Å²) in [6.07, 6.45) is -0.235. The fourth-order valence-corrected chi connectivity index (χ4v) is 1.86. The first-order chi connectivity index (χ1) is 12.3. The van der Waals surface area contributed by atoms with Crippen molar-refractivity contribution in [2.24, 2.45) is 11.5 Å². The van der Waals surface area contributed by atoms with Crippen molar-refractivity contribution in [2.75, 3.05) is 24.6 Å². The van der Waals surface area contributed by atoms with E-state index >= 15 is 0 Å². The Morgan fingerprint density at radius 2 is 1.68 bits per heavy atom. The second kappa shape index (κ2) is 17.0. The molecule has 0 aliphatic heterocycles. The third-order valence-electron chi connectivity index (χ3n) is 2.62. The molecule has 9 N–H and O–H groups in total. The van der Waals surface area contributed by atoms with E-state index in [1.807, 2.05) is 0 Å². The van der Waals surface area contributed by atoms with Crippen molar-refractivity contribution in [1.82, 2.24) is 10.6 Å². The summed E-state index contributed by atoms with van der Waals surface area (Å²) in [6, 6.07) is -2.15. The van der Waals surface area contributed by atoms with Crippen molar-refractivity contribution >= 4 is 76.1 Å². The normalized spacial score (nSPS) is 12.3. The first-order valence-corrected chi connectivity index (χ1v) is 9.61. The standard InChI is InChI=1S/C10H17N3O6S.C2H7NO3S.Na.H/c11-5(10(18)19)1-2-7(14)13-6(4-20)9(17)12-3-8(15)16;3-1-2-7(4,5)6;;/h5-6,20H,1-4,11H2,(H,12,17)(H,13,14)(H,15,16)(H,18,19);1-3H2,(H,4,5,6);;/t5-,6-;;;/m0.../s1. The zero-order chi connectivity index (χ0) is 21.6. The number of nitrogens with two attached hydrogens (primary N) is 2. The summed E-state index contributed by atoms with van der Waals surface area (Å²) in [5.41, 5.74) is 10.0. The number of thiol groups is 1. The van der Waals surface area contributed by atoms with Gasteiger partial charge in [-0.3, -0.25) is 23.7 Å². The number of carboxylic acids is 2. The van der Waals surface area contributed by atoms with E-state index in [0.717, 1.165) is 0 Å². The summed E-state index contributed by atoms with van der Waals surface area (Å²) in [5.74, 6) is -4.06. The molecule has 28 heavy (non-hydrogen) atoms. The van der Waals surface area contributed by atoms with Gasteiger partial charge in [0, 0.05) is 18.7 Å². The Morgan fingerprint density at radius 3 is 2.00 bits per heavy atom. The number of carbonyl (C=O) groups excluding carboxylic acids is 2. The fraction of sp³-hybridized carbons (Fsp3) is 0.667. The number of carbonyl (C=O) groups is 4. The molecule has 160 valence electrons. The minimum absolute atomic E-state index is 0. The Hall–Kier alpha value is -0.940. The van der Waals surface area contributed by atoms with Crippen LogP contribution in [0.25, 0.3) is 0 Å². The van der Waals surface area contributed by atoms with Gasteiger partial charge in [-0.05, 0) is 6.42 Å². The van der Waals surface area contributed by atoms with Crippen molar-refractivity contribution in [3.05, 3.63) is 0 Å². The molecule has 0 unspecified atom stereocenters. The summed E-state index contributed by atoms with van der Waals surface area (Å²) < 4.78 is 27.3. The van der Waals surface area contributed by atoms with Crippen LogP contribution >= 0.6 is 12.6 Å². The molecule has 16 heteroatoms. The molecule has 0 radical (unpaired) electrons. The second-order valence-electron chi connectivity index (χ2n) is 4.97. The molecule has 0 rings (SSSR count). The van der Waals surface area contributed by atoms with Gasteiger partial charge in [0.2, 0.25) is 11.8 Å². The molecule has 0 saturated heterocycles. The summed E-state index contributed by atoms with van der Waals surface area (Å²) in [4.78, 5) is 43.7. The predicted octanol–water partition coefficient (Wildman–Crippen LogP) is -4.02. The predicted molar refractivity (Wildman–Crippen MR) is 104 cm³/mol. The molecule has 2 amide bonds. The van der Waals surface area contributed by atoms with Gasteiger partial charge < -0.3 is 32.3 Å². The molecule has 0 aromatic rings. The molecule has 0 bridgehead atoms. The van der Waals surface area contributed by atoms with Crippen LogP contribution in [0.1, 0.15) is 12.8 Å². The average Bonchev–Trinajstić information content (AvgIpc) is 2.54. The van der Waals surface area contributed by atoms with E-state index in [-0.39, 0.29) is 60.4 Å². The van der Waals surface area contributed by atoms with E-state index in [9.17, 15) is 27.6 Å². The van der Waals surface area contributed by atoms with E-state index in [1.54, 1.807) is 0 Å². The Bertz CT molecular complexity index is 618. The summed E-state index contributed by atoms with van der Waals surface area (Å²) in [6.45, 7) is -0.596. The molecular formula is C12H25N4NaO9S2. The van der Waals surface area contributed by atoms with Crippen LogP contribution in [-0.4, -0.2) is 113 Å². The molecule has 0 aromatic carbocycles. The van der Waals surface area contributed by atoms with Crippen LogP contribution in [0.4, 0.5) is 0 Å².